The standard InChI is InChI=1S/C31H34F5NO3/c1-18-15-21(5-10-24(18)28(39)40)27(38)37-14-13-30(17-19-3-8-23(32)9-4-19)25-11-7-22(29(2,33)31(34,35)36)16-20(25)6-12-26(30)37/h3-4,7-9,11,16,18,21,24,26H,5-6,10,12-15,17H2,1-2H3,(H,39,40)/t18-,21?,24+,26+,29?,30+/m0/s1. The molecule has 0 radical (unpaired) electrons. The molecule has 1 saturated heterocycles. The Morgan fingerprint density at radius 2 is 1.75 bits per heavy atom. The minimum Gasteiger partial charge on any atom is -0.481 e. The quantitative estimate of drug-likeness (QED) is 0.410. The van der Waals surface area contributed by atoms with Crippen LogP contribution in [0.5, 0.6) is 0 Å². The predicted molar refractivity (Wildman–Crippen MR) is 139 cm³/mol. The highest BCUT2D eigenvalue weighted by Crippen LogP contribution is 2.51. The Morgan fingerprint density at radius 1 is 1.05 bits per heavy atom. The number of fused-ring (bicyclic) bond motifs is 3. The van der Waals surface area contributed by atoms with Gasteiger partial charge in [-0.25, -0.2) is 8.78 Å². The third kappa shape index (κ3) is 4.79. The summed E-state index contributed by atoms with van der Waals surface area (Å²) in [7, 11) is 0. The van der Waals surface area contributed by atoms with Crippen LogP contribution < -0.4 is 0 Å². The molecule has 1 saturated carbocycles. The minimum atomic E-state index is -5.06. The summed E-state index contributed by atoms with van der Waals surface area (Å²) in [5, 5.41) is 9.49. The van der Waals surface area contributed by atoms with Crippen LogP contribution in [0.25, 0.3) is 0 Å². The van der Waals surface area contributed by atoms with E-state index in [2.05, 4.69) is 0 Å². The number of hydrogen-bond acceptors (Lipinski definition) is 2. The molecule has 2 aromatic rings. The van der Waals surface area contributed by atoms with Crippen molar-refractivity contribution in [3.8, 4) is 0 Å². The molecule has 1 amide bonds. The van der Waals surface area contributed by atoms with Gasteiger partial charge in [-0.2, -0.15) is 13.2 Å². The zero-order valence-corrected chi connectivity index (χ0v) is 22.6. The van der Waals surface area contributed by atoms with Gasteiger partial charge >= 0.3 is 12.1 Å². The maximum atomic E-state index is 14.9. The summed E-state index contributed by atoms with van der Waals surface area (Å²) in [6.07, 6.45) is -1.67. The van der Waals surface area contributed by atoms with Crippen LogP contribution in [0.2, 0.25) is 0 Å². The molecule has 0 spiro atoms. The number of rotatable bonds is 5. The maximum absolute atomic E-state index is 14.9. The van der Waals surface area contributed by atoms with Crippen molar-refractivity contribution in [2.24, 2.45) is 17.8 Å². The van der Waals surface area contributed by atoms with Crippen molar-refractivity contribution < 1.29 is 36.6 Å². The molecule has 2 fully saturated rings. The smallest absolute Gasteiger partial charge is 0.426 e. The number of halogens is 5. The molecule has 3 aliphatic rings. The number of carbonyl (C=O) groups excluding carboxylic acids is 1. The van der Waals surface area contributed by atoms with E-state index in [0.29, 0.717) is 64.0 Å². The van der Waals surface area contributed by atoms with Gasteiger partial charge in [-0.1, -0.05) is 37.3 Å². The van der Waals surface area contributed by atoms with E-state index in [1.165, 1.54) is 24.3 Å². The summed E-state index contributed by atoms with van der Waals surface area (Å²) >= 11 is 0. The van der Waals surface area contributed by atoms with E-state index in [9.17, 15) is 36.6 Å². The van der Waals surface area contributed by atoms with Gasteiger partial charge in [-0.15, -0.1) is 0 Å². The molecule has 9 heteroatoms. The summed E-state index contributed by atoms with van der Waals surface area (Å²) in [5.41, 5.74) is -2.24. The van der Waals surface area contributed by atoms with Crippen molar-refractivity contribution >= 4 is 11.9 Å². The molecule has 4 nitrogen and oxygen atoms in total. The van der Waals surface area contributed by atoms with Crippen molar-refractivity contribution in [1.82, 2.24) is 4.90 Å². The highest BCUT2D eigenvalue weighted by molar-refractivity contribution is 5.81. The number of aryl methyl sites for hydroxylation is 1. The van der Waals surface area contributed by atoms with Gasteiger partial charge in [0.1, 0.15) is 5.82 Å². The number of likely N-dealkylation sites (tertiary alicyclic amines) is 1. The Hall–Kier alpha value is -2.97. The van der Waals surface area contributed by atoms with Crippen molar-refractivity contribution in [1.29, 1.82) is 0 Å². The van der Waals surface area contributed by atoms with Crippen LogP contribution in [0.3, 0.4) is 0 Å². The van der Waals surface area contributed by atoms with Crippen molar-refractivity contribution in [3.63, 3.8) is 0 Å². The number of carboxylic acids is 1. The molecule has 6 atom stereocenters. The van der Waals surface area contributed by atoms with E-state index in [-0.39, 0.29) is 29.6 Å². The number of benzene rings is 2. The zero-order valence-electron chi connectivity index (χ0n) is 22.6. The number of alkyl halides is 4. The van der Waals surface area contributed by atoms with Crippen LogP contribution in [0.1, 0.15) is 68.2 Å². The Balaban J connectivity index is 1.50. The van der Waals surface area contributed by atoms with Gasteiger partial charge in [0.15, 0.2) is 0 Å². The lowest BCUT2D eigenvalue weighted by Gasteiger charge is -2.45. The molecule has 2 unspecified atom stereocenters. The number of nitrogens with zero attached hydrogens (tertiary/aromatic N) is 1. The molecule has 0 bridgehead atoms. The van der Waals surface area contributed by atoms with E-state index in [0.717, 1.165) is 11.1 Å². The molecule has 0 aromatic heterocycles. The number of aliphatic carboxylic acids is 1. The summed E-state index contributed by atoms with van der Waals surface area (Å²) in [6.45, 7) is 2.86. The molecular formula is C31H34F5NO3. The number of carbonyl (C=O) groups is 2. The number of hydrogen-bond donors (Lipinski definition) is 1. The third-order valence-corrected chi connectivity index (χ3v) is 9.77. The molecule has 216 valence electrons. The van der Waals surface area contributed by atoms with Crippen molar-refractivity contribution in [3.05, 3.63) is 70.5 Å². The molecule has 5 rings (SSSR count). The van der Waals surface area contributed by atoms with Gasteiger partial charge in [-0.3, -0.25) is 9.59 Å². The van der Waals surface area contributed by atoms with E-state index >= 15 is 0 Å². The van der Waals surface area contributed by atoms with E-state index in [1.807, 2.05) is 11.8 Å². The molecule has 2 aliphatic carbocycles. The second-order valence-corrected chi connectivity index (χ2v) is 12.1. The van der Waals surface area contributed by atoms with Gasteiger partial charge in [0.05, 0.1) is 5.92 Å². The van der Waals surface area contributed by atoms with Crippen LogP contribution in [-0.2, 0) is 33.5 Å². The zero-order chi connectivity index (χ0) is 29.0. The molecule has 1 N–H and O–H groups in total. The minimum absolute atomic E-state index is 0.00450. The van der Waals surface area contributed by atoms with Gasteiger partial charge in [-0.05, 0) is 92.2 Å². The lowest BCUT2D eigenvalue weighted by Crippen LogP contribution is -2.51. The molecule has 2 aromatic carbocycles. The number of carboxylic acid groups (broad SMARTS) is 1. The third-order valence-electron chi connectivity index (χ3n) is 9.77. The van der Waals surface area contributed by atoms with Crippen molar-refractivity contribution in [2.75, 3.05) is 6.54 Å². The first-order chi connectivity index (χ1) is 18.7. The lowest BCUT2D eigenvalue weighted by atomic mass is 9.63. The normalized spacial score (nSPS) is 29.8. The summed E-state index contributed by atoms with van der Waals surface area (Å²) in [6, 6.07) is 10.0. The number of amides is 1. The summed E-state index contributed by atoms with van der Waals surface area (Å²) < 4.78 is 69.0. The second kappa shape index (κ2) is 10.1. The summed E-state index contributed by atoms with van der Waals surface area (Å²) in [4.78, 5) is 27.4. The topological polar surface area (TPSA) is 57.6 Å². The van der Waals surface area contributed by atoms with E-state index in [1.54, 1.807) is 18.2 Å². The monoisotopic (exact) mass is 563 g/mol. The average Bonchev–Trinajstić information content (AvgIpc) is 3.27. The van der Waals surface area contributed by atoms with Gasteiger partial charge in [0.2, 0.25) is 11.6 Å². The first-order valence-corrected chi connectivity index (χ1v) is 13.9. The summed E-state index contributed by atoms with van der Waals surface area (Å²) in [5.74, 6) is -2.09. The highest BCUT2D eigenvalue weighted by Gasteiger charge is 2.56. The Labute approximate surface area is 230 Å². The van der Waals surface area contributed by atoms with E-state index in [4.69, 9.17) is 0 Å². The fourth-order valence-electron chi connectivity index (χ4n) is 7.47. The molecular weight excluding hydrogens is 529 g/mol. The Kier molecular flexibility index (Phi) is 7.24. The van der Waals surface area contributed by atoms with Gasteiger partial charge in [0, 0.05) is 23.9 Å². The lowest BCUT2D eigenvalue weighted by molar-refractivity contribution is -0.228. The SMILES string of the molecule is C[C@H]1CC(C(=O)N2CC[C@@]3(Cc4ccc(F)cc4)c4ccc(C(C)(F)C(F)(F)F)cc4CC[C@@H]23)CC[C@H]1C(=O)O. The molecule has 40 heavy (non-hydrogen) atoms. The maximum Gasteiger partial charge on any atom is 0.426 e. The van der Waals surface area contributed by atoms with Gasteiger partial charge < -0.3 is 10.0 Å². The molecule has 1 heterocycles. The van der Waals surface area contributed by atoms with Crippen LogP contribution in [0.4, 0.5) is 22.0 Å². The fraction of sp³-hybridized carbons (Fsp3) is 0.548. The Morgan fingerprint density at radius 3 is 2.38 bits per heavy atom. The van der Waals surface area contributed by atoms with Gasteiger partial charge in [0.25, 0.3) is 0 Å². The predicted octanol–water partition coefficient (Wildman–Crippen LogP) is 6.74. The first-order valence-electron chi connectivity index (χ1n) is 13.9. The van der Waals surface area contributed by atoms with Crippen LogP contribution in [0.15, 0.2) is 42.5 Å². The average molecular weight is 564 g/mol. The highest BCUT2D eigenvalue weighted by atomic mass is 19.4. The van der Waals surface area contributed by atoms with Crippen LogP contribution in [0, 0.1) is 23.6 Å². The Bertz CT molecular complexity index is 1290. The largest absolute Gasteiger partial charge is 0.481 e. The van der Waals surface area contributed by atoms with Crippen LogP contribution in [-0.4, -0.2) is 40.6 Å². The fourth-order valence-corrected chi connectivity index (χ4v) is 7.47. The first kappa shape index (κ1) is 28.6. The van der Waals surface area contributed by atoms with Crippen molar-refractivity contribution in [2.45, 2.75) is 82.1 Å². The second-order valence-electron chi connectivity index (χ2n) is 12.1. The van der Waals surface area contributed by atoms with Crippen LogP contribution >= 0.6 is 0 Å². The molecule has 1 aliphatic heterocycles. The van der Waals surface area contributed by atoms with E-state index < -0.39 is 34.7 Å².